The zero-order valence-electron chi connectivity index (χ0n) is 7.05. The highest BCUT2D eigenvalue weighted by Crippen LogP contribution is 2.15. The monoisotopic (exact) mass is 156 g/mol. The molecule has 0 aromatic carbocycles. The maximum Gasteiger partial charge on any atom is 0.314 e. The van der Waals surface area contributed by atoms with E-state index in [-0.39, 0.29) is 6.03 Å². The van der Waals surface area contributed by atoms with Gasteiger partial charge >= 0.3 is 6.03 Å². The molecule has 1 saturated heterocycles. The molecule has 64 valence electrons. The Hall–Kier alpha value is -0.730. The number of urea groups is 1. The Morgan fingerprint density at radius 2 is 2.18 bits per heavy atom. The molecule has 2 amide bonds. The summed E-state index contributed by atoms with van der Waals surface area (Å²) in [5, 5.41) is 0. The molecule has 1 unspecified atom stereocenters. The van der Waals surface area contributed by atoms with E-state index in [1.54, 1.807) is 4.90 Å². The van der Waals surface area contributed by atoms with Crippen LogP contribution in [0.1, 0.15) is 26.2 Å². The third-order valence-electron chi connectivity index (χ3n) is 2.33. The first-order valence-electron chi connectivity index (χ1n) is 4.24. The van der Waals surface area contributed by atoms with Gasteiger partial charge in [0.25, 0.3) is 0 Å². The van der Waals surface area contributed by atoms with Crippen LogP contribution in [0.25, 0.3) is 0 Å². The number of nitrogens with two attached hydrogens (primary N) is 1. The first kappa shape index (κ1) is 8.37. The molecule has 1 fully saturated rings. The standard InChI is InChI=1S/C8H16N2O/c1-7-3-2-5-10(6-4-7)8(9)11/h7H,2-6H2,1H3,(H2,9,11). The van der Waals surface area contributed by atoms with Gasteiger partial charge in [0.2, 0.25) is 0 Å². The lowest BCUT2D eigenvalue weighted by atomic mass is 10.0. The minimum atomic E-state index is -0.265. The molecule has 3 nitrogen and oxygen atoms in total. The van der Waals surface area contributed by atoms with Gasteiger partial charge in [0.05, 0.1) is 0 Å². The van der Waals surface area contributed by atoms with Crippen LogP contribution in [0.5, 0.6) is 0 Å². The van der Waals surface area contributed by atoms with Gasteiger partial charge in [-0.2, -0.15) is 0 Å². The molecule has 11 heavy (non-hydrogen) atoms. The van der Waals surface area contributed by atoms with Crippen molar-refractivity contribution in [3.63, 3.8) is 0 Å². The van der Waals surface area contributed by atoms with Crippen LogP contribution in [0.2, 0.25) is 0 Å². The van der Waals surface area contributed by atoms with Crippen molar-refractivity contribution in [2.45, 2.75) is 26.2 Å². The Labute approximate surface area is 67.5 Å². The van der Waals surface area contributed by atoms with Crippen molar-refractivity contribution < 1.29 is 4.79 Å². The molecule has 0 radical (unpaired) electrons. The van der Waals surface area contributed by atoms with E-state index in [2.05, 4.69) is 6.92 Å². The Morgan fingerprint density at radius 3 is 2.82 bits per heavy atom. The fraction of sp³-hybridized carbons (Fsp3) is 0.875. The molecule has 0 bridgehead atoms. The fourth-order valence-electron chi connectivity index (χ4n) is 1.48. The Morgan fingerprint density at radius 1 is 1.45 bits per heavy atom. The van der Waals surface area contributed by atoms with Gasteiger partial charge in [-0.05, 0) is 25.2 Å². The van der Waals surface area contributed by atoms with Crippen LogP contribution >= 0.6 is 0 Å². The van der Waals surface area contributed by atoms with E-state index < -0.39 is 0 Å². The second-order valence-electron chi connectivity index (χ2n) is 3.36. The van der Waals surface area contributed by atoms with Crippen molar-refractivity contribution in [1.82, 2.24) is 4.90 Å². The summed E-state index contributed by atoms with van der Waals surface area (Å²) >= 11 is 0. The topological polar surface area (TPSA) is 46.3 Å². The van der Waals surface area contributed by atoms with Gasteiger partial charge in [0.1, 0.15) is 0 Å². The van der Waals surface area contributed by atoms with Crippen LogP contribution in [0.4, 0.5) is 4.79 Å². The third kappa shape index (κ3) is 2.41. The number of amides is 2. The van der Waals surface area contributed by atoms with Gasteiger partial charge in [0.15, 0.2) is 0 Å². The van der Waals surface area contributed by atoms with E-state index in [4.69, 9.17) is 5.73 Å². The third-order valence-corrected chi connectivity index (χ3v) is 2.33. The molecule has 0 spiro atoms. The minimum Gasteiger partial charge on any atom is -0.351 e. The fourth-order valence-corrected chi connectivity index (χ4v) is 1.48. The molecule has 1 atom stereocenters. The van der Waals surface area contributed by atoms with Crippen molar-refractivity contribution >= 4 is 6.03 Å². The molecule has 0 aliphatic carbocycles. The van der Waals surface area contributed by atoms with Gasteiger partial charge in [-0.15, -0.1) is 0 Å². The maximum absolute atomic E-state index is 10.8. The van der Waals surface area contributed by atoms with Crippen LogP contribution in [-0.4, -0.2) is 24.0 Å². The zero-order chi connectivity index (χ0) is 8.27. The molecule has 1 rings (SSSR count). The lowest BCUT2D eigenvalue weighted by Gasteiger charge is -2.16. The van der Waals surface area contributed by atoms with Gasteiger partial charge in [-0.3, -0.25) is 0 Å². The number of carbonyl (C=O) groups is 1. The van der Waals surface area contributed by atoms with Gasteiger partial charge in [-0.1, -0.05) is 6.92 Å². The summed E-state index contributed by atoms with van der Waals surface area (Å²) < 4.78 is 0. The highest BCUT2D eigenvalue weighted by molar-refractivity contribution is 5.71. The molecule has 1 aliphatic rings. The van der Waals surface area contributed by atoms with Gasteiger partial charge in [-0.25, -0.2) is 4.79 Å². The number of nitrogens with zero attached hydrogens (tertiary/aromatic N) is 1. The summed E-state index contributed by atoms with van der Waals surface area (Å²) in [5.41, 5.74) is 5.17. The largest absolute Gasteiger partial charge is 0.351 e. The number of rotatable bonds is 0. The average molecular weight is 156 g/mol. The first-order valence-corrected chi connectivity index (χ1v) is 4.24. The molecule has 0 aromatic heterocycles. The number of hydrogen-bond donors (Lipinski definition) is 1. The summed E-state index contributed by atoms with van der Waals surface area (Å²) in [6.45, 7) is 3.92. The minimum absolute atomic E-state index is 0.265. The summed E-state index contributed by atoms with van der Waals surface area (Å²) in [7, 11) is 0. The molecule has 0 saturated carbocycles. The van der Waals surface area contributed by atoms with E-state index in [0.29, 0.717) is 0 Å². The van der Waals surface area contributed by atoms with E-state index in [0.717, 1.165) is 31.8 Å². The Kier molecular flexibility index (Phi) is 2.74. The molecule has 1 heterocycles. The predicted octanol–water partition coefficient (Wildman–Crippen LogP) is 1.19. The van der Waals surface area contributed by atoms with Crippen LogP contribution in [0.3, 0.4) is 0 Å². The number of carbonyl (C=O) groups excluding carboxylic acids is 1. The summed E-state index contributed by atoms with van der Waals surface area (Å²) in [5.74, 6) is 0.749. The predicted molar refractivity (Wildman–Crippen MR) is 44.2 cm³/mol. The quantitative estimate of drug-likeness (QED) is 0.562. The summed E-state index contributed by atoms with van der Waals surface area (Å²) in [6, 6.07) is -0.265. The molecule has 1 aliphatic heterocycles. The molecule has 0 aromatic rings. The summed E-state index contributed by atoms with van der Waals surface area (Å²) in [4.78, 5) is 12.5. The molecular weight excluding hydrogens is 140 g/mol. The number of likely N-dealkylation sites (tertiary alicyclic amines) is 1. The van der Waals surface area contributed by atoms with Gasteiger partial charge in [0, 0.05) is 13.1 Å². The SMILES string of the molecule is CC1CCCN(C(N)=O)CC1. The van der Waals surface area contributed by atoms with Gasteiger partial charge < -0.3 is 10.6 Å². The van der Waals surface area contributed by atoms with Crippen LogP contribution in [-0.2, 0) is 0 Å². The number of primary amides is 1. The van der Waals surface area contributed by atoms with Crippen molar-refractivity contribution in [2.75, 3.05) is 13.1 Å². The normalized spacial score (nSPS) is 26.3. The zero-order valence-corrected chi connectivity index (χ0v) is 7.05. The second-order valence-corrected chi connectivity index (χ2v) is 3.36. The number of hydrogen-bond acceptors (Lipinski definition) is 1. The smallest absolute Gasteiger partial charge is 0.314 e. The van der Waals surface area contributed by atoms with Crippen molar-refractivity contribution in [3.05, 3.63) is 0 Å². The van der Waals surface area contributed by atoms with Crippen LogP contribution in [0, 0.1) is 5.92 Å². The lowest BCUT2D eigenvalue weighted by molar-refractivity contribution is 0.209. The molecular formula is C8H16N2O. The Balaban J connectivity index is 2.40. The van der Waals surface area contributed by atoms with Crippen molar-refractivity contribution in [2.24, 2.45) is 11.7 Å². The molecule has 3 heteroatoms. The van der Waals surface area contributed by atoms with Crippen LogP contribution < -0.4 is 5.73 Å². The van der Waals surface area contributed by atoms with Crippen molar-refractivity contribution in [1.29, 1.82) is 0 Å². The van der Waals surface area contributed by atoms with E-state index in [9.17, 15) is 4.79 Å². The summed E-state index contributed by atoms with van der Waals surface area (Å²) in [6.07, 6.45) is 3.43. The lowest BCUT2D eigenvalue weighted by Crippen LogP contribution is -2.36. The van der Waals surface area contributed by atoms with E-state index in [1.165, 1.54) is 6.42 Å². The highest BCUT2D eigenvalue weighted by atomic mass is 16.2. The highest BCUT2D eigenvalue weighted by Gasteiger charge is 2.15. The van der Waals surface area contributed by atoms with E-state index >= 15 is 0 Å². The average Bonchev–Trinajstić information content (AvgIpc) is 2.13. The Bertz CT molecular complexity index is 147. The maximum atomic E-state index is 10.8. The van der Waals surface area contributed by atoms with Crippen molar-refractivity contribution in [3.8, 4) is 0 Å². The van der Waals surface area contributed by atoms with E-state index in [1.807, 2.05) is 0 Å². The second kappa shape index (κ2) is 3.60. The molecule has 2 N–H and O–H groups in total. The first-order chi connectivity index (χ1) is 5.20. The van der Waals surface area contributed by atoms with Crippen LogP contribution in [0.15, 0.2) is 0 Å².